The fraction of sp³-hybridized carbons (Fsp3) is 0.929. The van der Waals surface area contributed by atoms with Crippen LogP contribution < -0.4 is 5.73 Å². The molecule has 1 amide bonds. The zero-order chi connectivity index (χ0) is 12.5. The van der Waals surface area contributed by atoms with Gasteiger partial charge in [0.25, 0.3) is 0 Å². The van der Waals surface area contributed by atoms with Gasteiger partial charge in [0, 0.05) is 38.1 Å². The molecule has 102 valence electrons. The number of amides is 1. The Bertz CT molecular complexity index is 316. The Kier molecular flexibility index (Phi) is 3.57. The van der Waals surface area contributed by atoms with E-state index < -0.39 is 0 Å². The second-order valence-corrected chi connectivity index (χ2v) is 6.23. The molecule has 4 nitrogen and oxygen atoms in total. The standard InChI is InChI=1S/C14H25N3O/c15-13(11-4-5-11)9-14(18)17-8-7-16-6-2-1-3-12(16)10-17/h11-13H,1-10,15H2. The first-order valence-electron chi connectivity index (χ1n) is 7.51. The lowest BCUT2D eigenvalue weighted by Gasteiger charge is -2.44. The van der Waals surface area contributed by atoms with E-state index in [0.717, 1.165) is 19.6 Å². The van der Waals surface area contributed by atoms with Gasteiger partial charge in [-0.05, 0) is 38.1 Å². The Hall–Kier alpha value is -0.610. The van der Waals surface area contributed by atoms with E-state index in [2.05, 4.69) is 9.80 Å². The van der Waals surface area contributed by atoms with Gasteiger partial charge < -0.3 is 10.6 Å². The van der Waals surface area contributed by atoms with Crippen LogP contribution in [0.5, 0.6) is 0 Å². The van der Waals surface area contributed by atoms with Crippen molar-refractivity contribution < 1.29 is 4.79 Å². The lowest BCUT2D eigenvalue weighted by molar-refractivity contribution is -0.135. The van der Waals surface area contributed by atoms with Crippen molar-refractivity contribution in [1.82, 2.24) is 9.80 Å². The van der Waals surface area contributed by atoms with E-state index in [1.165, 1.54) is 38.6 Å². The maximum atomic E-state index is 12.2. The van der Waals surface area contributed by atoms with Gasteiger partial charge in [-0.1, -0.05) is 6.42 Å². The van der Waals surface area contributed by atoms with E-state index in [1.54, 1.807) is 0 Å². The maximum absolute atomic E-state index is 12.2. The second-order valence-electron chi connectivity index (χ2n) is 6.23. The highest BCUT2D eigenvalue weighted by molar-refractivity contribution is 5.77. The molecule has 0 bridgehead atoms. The summed E-state index contributed by atoms with van der Waals surface area (Å²) >= 11 is 0. The Morgan fingerprint density at radius 2 is 2.00 bits per heavy atom. The topological polar surface area (TPSA) is 49.6 Å². The summed E-state index contributed by atoms with van der Waals surface area (Å²) in [5, 5.41) is 0. The number of piperidine rings is 1. The molecule has 2 unspecified atom stereocenters. The predicted molar refractivity (Wildman–Crippen MR) is 71.1 cm³/mol. The molecule has 3 rings (SSSR count). The van der Waals surface area contributed by atoms with Gasteiger partial charge in [0.05, 0.1) is 0 Å². The molecule has 2 saturated heterocycles. The molecule has 0 aromatic carbocycles. The summed E-state index contributed by atoms with van der Waals surface area (Å²) in [4.78, 5) is 16.9. The van der Waals surface area contributed by atoms with Gasteiger partial charge >= 0.3 is 0 Å². The SMILES string of the molecule is NC(CC(=O)N1CCN2CCCCC2C1)C1CC1. The van der Waals surface area contributed by atoms with Gasteiger partial charge in [0.15, 0.2) is 0 Å². The molecule has 3 fully saturated rings. The average molecular weight is 251 g/mol. The predicted octanol–water partition coefficient (Wildman–Crippen LogP) is 0.810. The van der Waals surface area contributed by atoms with Crippen molar-refractivity contribution in [3.8, 4) is 0 Å². The molecule has 2 heterocycles. The molecular weight excluding hydrogens is 226 g/mol. The largest absolute Gasteiger partial charge is 0.340 e. The summed E-state index contributed by atoms with van der Waals surface area (Å²) in [7, 11) is 0. The number of nitrogens with zero attached hydrogens (tertiary/aromatic N) is 2. The minimum atomic E-state index is 0.113. The molecule has 3 aliphatic rings. The van der Waals surface area contributed by atoms with E-state index in [4.69, 9.17) is 5.73 Å². The van der Waals surface area contributed by atoms with Crippen LogP contribution in [-0.4, -0.2) is 54.0 Å². The number of hydrogen-bond acceptors (Lipinski definition) is 3. The van der Waals surface area contributed by atoms with E-state index in [-0.39, 0.29) is 6.04 Å². The number of hydrogen-bond donors (Lipinski definition) is 1. The van der Waals surface area contributed by atoms with E-state index in [1.807, 2.05) is 0 Å². The molecule has 1 aliphatic carbocycles. The molecule has 0 spiro atoms. The number of piperazine rings is 1. The molecule has 18 heavy (non-hydrogen) atoms. The molecular formula is C14H25N3O. The lowest BCUT2D eigenvalue weighted by Crippen LogP contribution is -2.56. The van der Waals surface area contributed by atoms with Crippen LogP contribution in [0.4, 0.5) is 0 Å². The fourth-order valence-electron chi connectivity index (χ4n) is 3.40. The number of carbonyl (C=O) groups is 1. The van der Waals surface area contributed by atoms with Crippen LogP contribution in [0.2, 0.25) is 0 Å². The monoisotopic (exact) mass is 251 g/mol. The van der Waals surface area contributed by atoms with E-state index in [0.29, 0.717) is 24.3 Å². The molecule has 0 aromatic heterocycles. The van der Waals surface area contributed by atoms with Crippen molar-refractivity contribution in [3.05, 3.63) is 0 Å². The molecule has 4 heteroatoms. The van der Waals surface area contributed by atoms with Crippen LogP contribution in [0.25, 0.3) is 0 Å². The number of carbonyl (C=O) groups excluding carboxylic acids is 1. The zero-order valence-corrected chi connectivity index (χ0v) is 11.2. The maximum Gasteiger partial charge on any atom is 0.224 e. The number of rotatable bonds is 3. The van der Waals surface area contributed by atoms with Crippen LogP contribution in [0, 0.1) is 5.92 Å². The van der Waals surface area contributed by atoms with Gasteiger partial charge in [0.2, 0.25) is 5.91 Å². The normalized spacial score (nSPS) is 30.9. The Morgan fingerprint density at radius 3 is 2.78 bits per heavy atom. The van der Waals surface area contributed by atoms with Crippen LogP contribution in [-0.2, 0) is 4.79 Å². The van der Waals surface area contributed by atoms with Crippen LogP contribution in [0.1, 0.15) is 38.5 Å². The molecule has 2 aliphatic heterocycles. The smallest absolute Gasteiger partial charge is 0.224 e. The Balaban J connectivity index is 1.51. The lowest BCUT2D eigenvalue weighted by atomic mass is 9.99. The second kappa shape index (κ2) is 5.17. The summed E-state index contributed by atoms with van der Waals surface area (Å²) in [5.41, 5.74) is 6.06. The zero-order valence-electron chi connectivity index (χ0n) is 11.2. The first-order valence-corrected chi connectivity index (χ1v) is 7.51. The third-order valence-electron chi connectivity index (χ3n) is 4.83. The number of nitrogens with two attached hydrogens (primary N) is 1. The van der Waals surface area contributed by atoms with Gasteiger partial charge in [-0.15, -0.1) is 0 Å². The molecule has 2 N–H and O–H groups in total. The molecule has 0 radical (unpaired) electrons. The fourth-order valence-corrected chi connectivity index (χ4v) is 3.40. The van der Waals surface area contributed by atoms with Crippen LogP contribution in [0.3, 0.4) is 0 Å². The highest BCUT2D eigenvalue weighted by atomic mass is 16.2. The molecule has 1 saturated carbocycles. The summed E-state index contributed by atoms with van der Waals surface area (Å²) in [6.45, 7) is 4.15. The minimum absolute atomic E-state index is 0.113. The Labute approximate surface area is 109 Å². The molecule has 0 aromatic rings. The van der Waals surface area contributed by atoms with Gasteiger partial charge in [-0.25, -0.2) is 0 Å². The van der Waals surface area contributed by atoms with Crippen molar-refractivity contribution in [1.29, 1.82) is 0 Å². The minimum Gasteiger partial charge on any atom is -0.340 e. The van der Waals surface area contributed by atoms with Crippen molar-refractivity contribution in [2.75, 3.05) is 26.2 Å². The van der Waals surface area contributed by atoms with Crippen molar-refractivity contribution in [2.45, 2.75) is 50.6 Å². The van der Waals surface area contributed by atoms with Crippen molar-refractivity contribution in [2.24, 2.45) is 11.7 Å². The third-order valence-corrected chi connectivity index (χ3v) is 4.83. The Morgan fingerprint density at radius 1 is 1.17 bits per heavy atom. The average Bonchev–Trinajstić information content (AvgIpc) is 3.22. The van der Waals surface area contributed by atoms with Crippen LogP contribution >= 0.6 is 0 Å². The molecule has 2 atom stereocenters. The third kappa shape index (κ3) is 2.69. The number of fused-ring (bicyclic) bond motifs is 1. The van der Waals surface area contributed by atoms with Gasteiger partial charge in [-0.2, -0.15) is 0 Å². The quantitative estimate of drug-likeness (QED) is 0.807. The summed E-state index contributed by atoms with van der Waals surface area (Å²) < 4.78 is 0. The highest BCUT2D eigenvalue weighted by Crippen LogP contribution is 2.33. The van der Waals surface area contributed by atoms with E-state index in [9.17, 15) is 4.79 Å². The van der Waals surface area contributed by atoms with Gasteiger partial charge in [-0.3, -0.25) is 9.69 Å². The highest BCUT2D eigenvalue weighted by Gasteiger charge is 2.34. The summed E-state index contributed by atoms with van der Waals surface area (Å²) in [6, 6.07) is 0.732. The summed E-state index contributed by atoms with van der Waals surface area (Å²) in [6.07, 6.45) is 6.94. The first-order chi connectivity index (χ1) is 8.74. The van der Waals surface area contributed by atoms with Gasteiger partial charge in [0.1, 0.15) is 0 Å². The summed E-state index contributed by atoms with van der Waals surface area (Å²) in [5.74, 6) is 0.921. The van der Waals surface area contributed by atoms with Crippen molar-refractivity contribution >= 4 is 5.91 Å². The van der Waals surface area contributed by atoms with Crippen molar-refractivity contribution in [3.63, 3.8) is 0 Å². The first kappa shape index (κ1) is 12.4. The van der Waals surface area contributed by atoms with Crippen LogP contribution in [0.15, 0.2) is 0 Å². The van der Waals surface area contributed by atoms with E-state index >= 15 is 0 Å².